The van der Waals surface area contributed by atoms with Crippen LogP contribution in [0.5, 0.6) is 5.75 Å². The molecule has 2 aromatic carbocycles. The van der Waals surface area contributed by atoms with Crippen molar-refractivity contribution in [2.24, 2.45) is 0 Å². The van der Waals surface area contributed by atoms with E-state index in [2.05, 4.69) is 5.32 Å². The molecule has 0 saturated carbocycles. The lowest BCUT2D eigenvalue weighted by atomic mass is 10.1. The van der Waals surface area contributed by atoms with Gasteiger partial charge in [-0.15, -0.1) is 0 Å². The first-order valence-electron chi connectivity index (χ1n) is 8.59. The summed E-state index contributed by atoms with van der Waals surface area (Å²) in [5.41, 5.74) is 2.98. The largest absolute Gasteiger partial charge is 0.497 e. The van der Waals surface area contributed by atoms with Crippen LogP contribution in [0.4, 0.5) is 11.4 Å². The third kappa shape index (κ3) is 3.29. The second-order valence-corrected chi connectivity index (χ2v) is 6.21. The number of hydrogen-bond acceptors (Lipinski definition) is 4. The fraction of sp³-hybridized carbons (Fsp3) is 0.143. The molecule has 0 fully saturated rings. The first kappa shape index (κ1) is 16.9. The maximum Gasteiger partial charge on any atom is 0.293 e. The Hall–Kier alpha value is -3.54. The zero-order chi connectivity index (χ0) is 18.8. The highest BCUT2D eigenvalue weighted by molar-refractivity contribution is 6.07. The molecule has 1 aliphatic rings. The number of rotatable bonds is 4. The van der Waals surface area contributed by atoms with Crippen LogP contribution in [0, 0.1) is 0 Å². The quantitative estimate of drug-likeness (QED) is 0.767. The molecule has 136 valence electrons. The summed E-state index contributed by atoms with van der Waals surface area (Å²) in [6.45, 7) is 0.585. The number of nitrogens with one attached hydrogen (secondary N) is 1. The Morgan fingerprint density at radius 3 is 2.78 bits per heavy atom. The number of benzene rings is 2. The number of furan rings is 1. The van der Waals surface area contributed by atoms with Crippen molar-refractivity contribution in [1.29, 1.82) is 0 Å². The summed E-state index contributed by atoms with van der Waals surface area (Å²) in [4.78, 5) is 26.8. The summed E-state index contributed by atoms with van der Waals surface area (Å²) < 4.78 is 10.4. The van der Waals surface area contributed by atoms with Gasteiger partial charge in [-0.05, 0) is 54.4 Å². The van der Waals surface area contributed by atoms with Crippen LogP contribution in [0.2, 0.25) is 0 Å². The van der Waals surface area contributed by atoms with E-state index in [1.165, 1.54) is 6.26 Å². The molecule has 0 unspecified atom stereocenters. The third-order valence-corrected chi connectivity index (χ3v) is 4.55. The van der Waals surface area contributed by atoms with Crippen molar-refractivity contribution in [3.8, 4) is 5.75 Å². The zero-order valence-electron chi connectivity index (χ0n) is 14.8. The Labute approximate surface area is 156 Å². The van der Waals surface area contributed by atoms with Crippen LogP contribution in [0.3, 0.4) is 0 Å². The van der Waals surface area contributed by atoms with E-state index in [0.29, 0.717) is 29.3 Å². The lowest BCUT2D eigenvalue weighted by molar-refractivity contribution is 0.0962. The molecule has 0 aliphatic carbocycles. The Morgan fingerprint density at radius 1 is 1.11 bits per heavy atom. The van der Waals surface area contributed by atoms with E-state index in [9.17, 15) is 9.59 Å². The fourth-order valence-electron chi connectivity index (χ4n) is 3.17. The predicted octanol–water partition coefficient (Wildman–Crippen LogP) is 3.74. The SMILES string of the molecule is COc1cccc(C(=O)Nc2ccc3c(c2)N(C(=O)c2ccco2)CC3)c1. The van der Waals surface area contributed by atoms with E-state index in [1.54, 1.807) is 48.4 Å². The fourth-order valence-corrected chi connectivity index (χ4v) is 3.17. The number of carbonyl (C=O) groups is 2. The van der Waals surface area contributed by atoms with Crippen molar-refractivity contribution < 1.29 is 18.7 Å². The van der Waals surface area contributed by atoms with Crippen molar-refractivity contribution >= 4 is 23.2 Å². The third-order valence-electron chi connectivity index (χ3n) is 4.55. The van der Waals surface area contributed by atoms with Crippen LogP contribution in [-0.2, 0) is 6.42 Å². The van der Waals surface area contributed by atoms with E-state index < -0.39 is 0 Å². The molecule has 1 aliphatic heterocycles. The van der Waals surface area contributed by atoms with Gasteiger partial charge in [0.25, 0.3) is 11.8 Å². The minimum atomic E-state index is -0.240. The van der Waals surface area contributed by atoms with Crippen molar-refractivity contribution in [2.45, 2.75) is 6.42 Å². The molecular weight excluding hydrogens is 344 g/mol. The number of ether oxygens (including phenoxy) is 1. The Morgan fingerprint density at radius 2 is 2.00 bits per heavy atom. The Kier molecular flexibility index (Phi) is 4.38. The molecule has 0 atom stereocenters. The van der Waals surface area contributed by atoms with Crippen LogP contribution in [0.1, 0.15) is 26.5 Å². The Balaban J connectivity index is 1.56. The molecule has 0 bridgehead atoms. The molecule has 1 N–H and O–H groups in total. The van der Waals surface area contributed by atoms with Crippen LogP contribution in [0.25, 0.3) is 0 Å². The number of carbonyl (C=O) groups excluding carboxylic acids is 2. The van der Waals surface area contributed by atoms with E-state index in [4.69, 9.17) is 9.15 Å². The van der Waals surface area contributed by atoms with Crippen molar-refractivity contribution in [1.82, 2.24) is 0 Å². The van der Waals surface area contributed by atoms with Gasteiger partial charge in [-0.3, -0.25) is 9.59 Å². The van der Waals surface area contributed by atoms with Gasteiger partial charge in [0.1, 0.15) is 5.75 Å². The maximum atomic E-state index is 12.6. The first-order valence-corrected chi connectivity index (χ1v) is 8.59. The van der Waals surface area contributed by atoms with Crippen LogP contribution in [0.15, 0.2) is 65.3 Å². The van der Waals surface area contributed by atoms with Gasteiger partial charge in [0.05, 0.1) is 13.4 Å². The van der Waals surface area contributed by atoms with E-state index in [-0.39, 0.29) is 11.8 Å². The normalized spacial score (nSPS) is 12.6. The highest BCUT2D eigenvalue weighted by Gasteiger charge is 2.27. The summed E-state index contributed by atoms with van der Waals surface area (Å²) in [7, 11) is 1.56. The van der Waals surface area contributed by atoms with Crippen LogP contribution < -0.4 is 15.0 Å². The van der Waals surface area contributed by atoms with Gasteiger partial charge in [-0.1, -0.05) is 12.1 Å². The molecule has 1 aromatic heterocycles. The van der Waals surface area contributed by atoms with Crippen molar-refractivity contribution in [3.05, 3.63) is 77.7 Å². The minimum absolute atomic E-state index is 0.185. The maximum absolute atomic E-state index is 12.6. The van der Waals surface area contributed by atoms with Gasteiger partial charge in [-0.25, -0.2) is 0 Å². The first-order chi connectivity index (χ1) is 13.2. The molecule has 2 amide bonds. The molecule has 3 aromatic rings. The standard InChI is InChI=1S/C21H18N2O4/c1-26-17-5-2-4-15(12-17)20(24)22-16-8-7-14-9-10-23(18(14)13-16)21(25)19-6-3-11-27-19/h2-8,11-13H,9-10H2,1H3,(H,22,24). The molecular formula is C21H18N2O4. The average Bonchev–Trinajstić information content (AvgIpc) is 3.37. The molecule has 0 saturated heterocycles. The summed E-state index contributed by atoms with van der Waals surface area (Å²) in [5.74, 6) is 0.492. The van der Waals surface area contributed by atoms with Gasteiger partial charge in [0, 0.05) is 23.5 Å². The number of nitrogens with zero attached hydrogens (tertiary/aromatic N) is 1. The summed E-state index contributed by atoms with van der Waals surface area (Å²) in [5, 5.41) is 2.88. The van der Waals surface area contributed by atoms with Gasteiger partial charge in [0.2, 0.25) is 0 Å². The average molecular weight is 362 g/mol. The number of fused-ring (bicyclic) bond motifs is 1. The predicted molar refractivity (Wildman–Crippen MR) is 101 cm³/mol. The second-order valence-electron chi connectivity index (χ2n) is 6.21. The van der Waals surface area contributed by atoms with Crippen LogP contribution >= 0.6 is 0 Å². The van der Waals surface area contributed by atoms with Gasteiger partial charge in [0.15, 0.2) is 5.76 Å². The Bertz CT molecular complexity index is 995. The van der Waals surface area contributed by atoms with E-state index >= 15 is 0 Å². The number of methoxy groups -OCH3 is 1. The summed E-state index contributed by atoms with van der Waals surface area (Å²) in [6, 6.07) is 15.9. The highest BCUT2D eigenvalue weighted by atomic mass is 16.5. The smallest absolute Gasteiger partial charge is 0.293 e. The highest BCUT2D eigenvalue weighted by Crippen LogP contribution is 2.32. The van der Waals surface area contributed by atoms with E-state index in [0.717, 1.165) is 17.7 Å². The molecule has 2 heterocycles. The molecule has 6 heteroatoms. The summed E-state index contributed by atoms with van der Waals surface area (Å²) >= 11 is 0. The van der Waals surface area contributed by atoms with Crippen molar-refractivity contribution in [2.75, 3.05) is 23.9 Å². The summed E-state index contributed by atoms with van der Waals surface area (Å²) in [6.07, 6.45) is 2.25. The second kappa shape index (κ2) is 6.99. The molecule has 6 nitrogen and oxygen atoms in total. The monoisotopic (exact) mass is 362 g/mol. The molecule has 0 spiro atoms. The van der Waals surface area contributed by atoms with Crippen molar-refractivity contribution in [3.63, 3.8) is 0 Å². The molecule has 27 heavy (non-hydrogen) atoms. The zero-order valence-corrected chi connectivity index (χ0v) is 14.8. The molecule has 4 rings (SSSR count). The van der Waals surface area contributed by atoms with Gasteiger partial charge in [-0.2, -0.15) is 0 Å². The van der Waals surface area contributed by atoms with Crippen LogP contribution in [-0.4, -0.2) is 25.5 Å². The van der Waals surface area contributed by atoms with Gasteiger partial charge < -0.3 is 19.4 Å². The topological polar surface area (TPSA) is 71.8 Å². The number of amides is 2. The van der Waals surface area contributed by atoms with Gasteiger partial charge >= 0.3 is 0 Å². The molecule has 0 radical (unpaired) electrons. The minimum Gasteiger partial charge on any atom is -0.497 e. The lowest BCUT2D eigenvalue weighted by Crippen LogP contribution is -2.28. The number of hydrogen-bond donors (Lipinski definition) is 1. The lowest BCUT2D eigenvalue weighted by Gasteiger charge is -2.17. The van der Waals surface area contributed by atoms with E-state index in [1.807, 2.05) is 18.2 Å². The number of anilines is 2.